The van der Waals surface area contributed by atoms with Crippen molar-refractivity contribution in [3.05, 3.63) is 18.2 Å². The quantitative estimate of drug-likeness (QED) is 0.532. The van der Waals surface area contributed by atoms with Crippen molar-refractivity contribution >= 4 is 11.9 Å². The third-order valence-corrected chi connectivity index (χ3v) is 2.46. The molecule has 2 unspecified atom stereocenters. The molecule has 0 aromatic carbocycles. The van der Waals surface area contributed by atoms with Crippen LogP contribution >= 0.6 is 0 Å². The molecule has 0 radical (unpaired) electrons. The number of amides is 1. The van der Waals surface area contributed by atoms with E-state index in [9.17, 15) is 14.0 Å². The first-order valence-electron chi connectivity index (χ1n) is 5.25. The van der Waals surface area contributed by atoms with Gasteiger partial charge in [-0.3, -0.25) is 4.79 Å². The third-order valence-electron chi connectivity index (χ3n) is 2.46. The van der Waals surface area contributed by atoms with Crippen LogP contribution in [0.4, 0.5) is 4.39 Å². The van der Waals surface area contributed by atoms with E-state index in [1.165, 1.54) is 19.4 Å². The number of rotatable bonds is 6. The van der Waals surface area contributed by atoms with Gasteiger partial charge in [-0.1, -0.05) is 0 Å². The molecular weight excluding hydrogens is 243 g/mol. The fraction of sp³-hybridized carbons (Fsp3) is 0.500. The van der Waals surface area contributed by atoms with Gasteiger partial charge in [0.05, 0.1) is 12.4 Å². The van der Waals surface area contributed by atoms with E-state index in [4.69, 9.17) is 10.8 Å². The van der Waals surface area contributed by atoms with E-state index in [0.717, 1.165) is 0 Å². The summed E-state index contributed by atoms with van der Waals surface area (Å²) in [7, 11) is 0. The predicted molar refractivity (Wildman–Crippen MR) is 60.4 cm³/mol. The Bertz CT molecular complexity index is 421. The van der Waals surface area contributed by atoms with Crippen LogP contribution in [-0.4, -0.2) is 45.2 Å². The average molecular weight is 258 g/mol. The van der Waals surface area contributed by atoms with Gasteiger partial charge in [-0.15, -0.1) is 0 Å². The van der Waals surface area contributed by atoms with Crippen LogP contribution in [-0.2, 0) is 16.0 Å². The van der Waals surface area contributed by atoms with Gasteiger partial charge >= 0.3 is 5.97 Å². The molecule has 1 heterocycles. The van der Waals surface area contributed by atoms with Gasteiger partial charge in [0.2, 0.25) is 5.91 Å². The second-order valence-electron chi connectivity index (χ2n) is 4.05. The summed E-state index contributed by atoms with van der Waals surface area (Å²) in [6.07, 6.45) is 2.47. The number of halogens is 1. The Labute approximate surface area is 103 Å². The zero-order chi connectivity index (χ0) is 13.8. The van der Waals surface area contributed by atoms with Gasteiger partial charge < -0.3 is 21.1 Å². The zero-order valence-corrected chi connectivity index (χ0v) is 9.81. The van der Waals surface area contributed by atoms with Gasteiger partial charge in [-0.2, -0.15) is 0 Å². The molecule has 5 N–H and O–H groups in total. The number of hydrogen-bond donors (Lipinski definition) is 4. The number of carboxylic acids is 1. The van der Waals surface area contributed by atoms with Gasteiger partial charge in [0, 0.05) is 18.3 Å². The molecule has 0 aliphatic carbocycles. The van der Waals surface area contributed by atoms with E-state index in [1.807, 2.05) is 0 Å². The number of imidazole rings is 1. The van der Waals surface area contributed by atoms with E-state index >= 15 is 0 Å². The maximum Gasteiger partial charge on any atom is 0.332 e. The summed E-state index contributed by atoms with van der Waals surface area (Å²) >= 11 is 0. The lowest BCUT2D eigenvalue weighted by Crippen LogP contribution is -2.60. The molecule has 1 rings (SSSR count). The number of H-pyrrole nitrogens is 1. The number of carboxylic acid groups (broad SMARTS) is 1. The molecule has 0 saturated carbocycles. The highest BCUT2D eigenvalue weighted by molar-refractivity contribution is 5.89. The first kappa shape index (κ1) is 14.1. The normalized spacial score (nSPS) is 15.7. The molecule has 7 nitrogen and oxygen atoms in total. The first-order valence-corrected chi connectivity index (χ1v) is 5.25. The average Bonchev–Trinajstić information content (AvgIpc) is 2.80. The maximum absolute atomic E-state index is 13.1. The van der Waals surface area contributed by atoms with Gasteiger partial charge in [0.1, 0.15) is 6.67 Å². The number of aromatic nitrogens is 2. The Hall–Kier alpha value is -1.96. The molecule has 0 aliphatic rings. The minimum Gasteiger partial charge on any atom is -0.479 e. The van der Waals surface area contributed by atoms with Crippen LogP contribution in [0.1, 0.15) is 12.6 Å². The highest BCUT2D eigenvalue weighted by Gasteiger charge is 2.41. The van der Waals surface area contributed by atoms with Gasteiger partial charge in [0.15, 0.2) is 5.54 Å². The Balaban J connectivity index is 2.94. The summed E-state index contributed by atoms with van der Waals surface area (Å²) in [5, 5.41) is 11.3. The molecular formula is C10H15FN4O3. The number of alkyl halides is 1. The monoisotopic (exact) mass is 258 g/mol. The van der Waals surface area contributed by atoms with Crippen molar-refractivity contribution in [3.63, 3.8) is 0 Å². The zero-order valence-electron chi connectivity index (χ0n) is 9.81. The first-order chi connectivity index (χ1) is 8.41. The molecule has 0 saturated heterocycles. The third kappa shape index (κ3) is 3.04. The van der Waals surface area contributed by atoms with Crippen molar-refractivity contribution in [2.75, 3.05) is 6.67 Å². The molecule has 1 aromatic rings. The molecule has 8 heteroatoms. The largest absolute Gasteiger partial charge is 0.479 e. The number of carbonyl (C=O) groups is 2. The van der Waals surface area contributed by atoms with Crippen LogP contribution < -0.4 is 11.1 Å². The smallest absolute Gasteiger partial charge is 0.332 e. The van der Waals surface area contributed by atoms with Gasteiger partial charge in [-0.25, -0.2) is 14.2 Å². The van der Waals surface area contributed by atoms with E-state index in [1.54, 1.807) is 0 Å². The summed E-state index contributed by atoms with van der Waals surface area (Å²) in [6.45, 7) is 0.135. The van der Waals surface area contributed by atoms with Crippen molar-refractivity contribution < 1.29 is 19.1 Å². The van der Waals surface area contributed by atoms with Crippen molar-refractivity contribution in [2.24, 2.45) is 5.73 Å². The Kier molecular flexibility index (Phi) is 4.38. The van der Waals surface area contributed by atoms with Crippen LogP contribution in [0.25, 0.3) is 0 Å². The number of carbonyl (C=O) groups excluding carboxylic acids is 1. The molecule has 2 atom stereocenters. The molecule has 0 bridgehead atoms. The van der Waals surface area contributed by atoms with Crippen molar-refractivity contribution in [2.45, 2.75) is 24.9 Å². The molecule has 1 amide bonds. The summed E-state index contributed by atoms with van der Waals surface area (Å²) in [4.78, 5) is 29.0. The minimum atomic E-state index is -2.03. The molecule has 0 spiro atoms. The maximum atomic E-state index is 13.1. The Morgan fingerprint density at radius 2 is 2.39 bits per heavy atom. The van der Waals surface area contributed by atoms with Crippen molar-refractivity contribution in [3.8, 4) is 0 Å². The molecule has 1 aromatic heterocycles. The summed E-state index contributed by atoms with van der Waals surface area (Å²) in [5.41, 5.74) is 3.70. The Morgan fingerprint density at radius 1 is 1.72 bits per heavy atom. The fourth-order valence-corrected chi connectivity index (χ4v) is 1.37. The van der Waals surface area contributed by atoms with E-state index in [2.05, 4.69) is 15.3 Å². The van der Waals surface area contributed by atoms with Crippen molar-refractivity contribution in [1.29, 1.82) is 0 Å². The highest BCUT2D eigenvalue weighted by atomic mass is 19.1. The number of aromatic amines is 1. The number of hydrogen-bond acceptors (Lipinski definition) is 4. The topological polar surface area (TPSA) is 121 Å². The minimum absolute atomic E-state index is 0.239. The molecule has 0 aliphatic heterocycles. The van der Waals surface area contributed by atoms with E-state index < -0.39 is 30.1 Å². The van der Waals surface area contributed by atoms with Crippen LogP contribution in [0.2, 0.25) is 0 Å². The van der Waals surface area contributed by atoms with Crippen LogP contribution in [0.3, 0.4) is 0 Å². The van der Waals surface area contributed by atoms with E-state index in [0.29, 0.717) is 5.69 Å². The van der Waals surface area contributed by atoms with Gasteiger partial charge in [-0.05, 0) is 6.92 Å². The molecule has 100 valence electrons. The van der Waals surface area contributed by atoms with Gasteiger partial charge in [0.25, 0.3) is 0 Å². The Morgan fingerprint density at radius 3 is 2.78 bits per heavy atom. The second-order valence-corrected chi connectivity index (χ2v) is 4.05. The lowest BCUT2D eigenvalue weighted by molar-refractivity contribution is -0.148. The molecule has 18 heavy (non-hydrogen) atoms. The summed E-state index contributed by atoms with van der Waals surface area (Å²) in [5.74, 6) is -2.19. The van der Waals surface area contributed by atoms with Crippen LogP contribution in [0.5, 0.6) is 0 Å². The highest BCUT2D eigenvalue weighted by Crippen LogP contribution is 2.14. The van der Waals surface area contributed by atoms with Crippen LogP contribution in [0.15, 0.2) is 12.5 Å². The lowest BCUT2D eigenvalue weighted by atomic mass is 9.94. The number of nitrogens with zero attached hydrogens (tertiary/aromatic N) is 1. The number of aliphatic carboxylic acids is 1. The van der Waals surface area contributed by atoms with Crippen LogP contribution in [0, 0.1) is 0 Å². The SMILES string of the molecule is CC(N)C(=O)NC(CF)(Cc1cnc[nH]1)C(=O)O. The standard InChI is InChI=1S/C10H15FN4O3/c1-6(12)8(16)15-10(4-11,9(17)18)2-7-3-13-5-14-7/h3,5-6H,2,4,12H2,1H3,(H,13,14)(H,15,16)(H,17,18). The van der Waals surface area contributed by atoms with Crippen molar-refractivity contribution in [1.82, 2.24) is 15.3 Å². The summed E-state index contributed by atoms with van der Waals surface area (Å²) < 4.78 is 13.1. The fourth-order valence-electron chi connectivity index (χ4n) is 1.37. The van der Waals surface area contributed by atoms with E-state index in [-0.39, 0.29) is 6.42 Å². The second kappa shape index (κ2) is 5.58. The summed E-state index contributed by atoms with van der Waals surface area (Å²) in [6, 6.07) is -0.919. The number of nitrogens with two attached hydrogens (primary N) is 1. The predicted octanol–water partition coefficient (Wildman–Crippen LogP) is -0.791. The molecule has 0 fully saturated rings. The number of nitrogens with one attached hydrogen (secondary N) is 2. The lowest BCUT2D eigenvalue weighted by Gasteiger charge is -2.27.